The molecule has 2 nitrogen and oxygen atoms in total. The molecule has 0 radical (unpaired) electrons. The van der Waals surface area contributed by atoms with Crippen molar-refractivity contribution in [3.8, 4) is 0 Å². The highest BCUT2D eigenvalue weighted by Crippen LogP contribution is 2.18. The van der Waals surface area contributed by atoms with E-state index in [4.69, 9.17) is 9.47 Å². The highest BCUT2D eigenvalue weighted by Gasteiger charge is 2.16. The fourth-order valence-corrected chi connectivity index (χ4v) is 2.41. The summed E-state index contributed by atoms with van der Waals surface area (Å²) in [5, 5.41) is 0. The van der Waals surface area contributed by atoms with Gasteiger partial charge in [0.05, 0.1) is 19.3 Å². The number of thiol groups is 1. The van der Waals surface area contributed by atoms with Crippen LogP contribution in [0.1, 0.15) is 24.3 Å². The van der Waals surface area contributed by atoms with Gasteiger partial charge in [0.1, 0.15) is 0 Å². The zero-order chi connectivity index (χ0) is 11.9. The summed E-state index contributed by atoms with van der Waals surface area (Å²) >= 11 is 4.40. The molecule has 0 amide bonds. The maximum atomic E-state index is 5.75. The Bertz CT molecular complexity index is 309. The topological polar surface area (TPSA) is 18.5 Å². The highest BCUT2D eigenvalue weighted by atomic mass is 32.1. The van der Waals surface area contributed by atoms with Crippen molar-refractivity contribution in [1.29, 1.82) is 0 Å². The van der Waals surface area contributed by atoms with Crippen LogP contribution in [-0.2, 0) is 9.47 Å². The Morgan fingerprint density at radius 3 is 2.82 bits per heavy atom. The van der Waals surface area contributed by atoms with Gasteiger partial charge in [-0.25, -0.2) is 0 Å². The fourth-order valence-electron chi connectivity index (χ4n) is 2.10. The van der Waals surface area contributed by atoms with E-state index in [9.17, 15) is 0 Å². The van der Waals surface area contributed by atoms with Crippen molar-refractivity contribution in [2.24, 2.45) is 0 Å². The molecule has 1 fully saturated rings. The van der Waals surface area contributed by atoms with Gasteiger partial charge in [-0.2, -0.15) is 12.6 Å². The first-order chi connectivity index (χ1) is 8.40. The van der Waals surface area contributed by atoms with Crippen LogP contribution < -0.4 is 0 Å². The Morgan fingerprint density at radius 1 is 1.35 bits per heavy atom. The predicted molar refractivity (Wildman–Crippen MR) is 72.8 cm³/mol. The molecule has 0 saturated carbocycles. The molecule has 0 aromatic heterocycles. The van der Waals surface area contributed by atoms with Crippen LogP contribution in [0, 0.1) is 0 Å². The molecule has 2 rings (SSSR count). The van der Waals surface area contributed by atoms with Crippen LogP contribution in [0.4, 0.5) is 0 Å². The minimum atomic E-state index is 0.311. The van der Waals surface area contributed by atoms with Crippen molar-refractivity contribution in [3.63, 3.8) is 0 Å². The molecule has 2 atom stereocenters. The molecule has 94 valence electrons. The number of hydrogen-bond acceptors (Lipinski definition) is 3. The summed E-state index contributed by atoms with van der Waals surface area (Å²) in [5.74, 6) is 1.19. The number of hydrogen-bond donors (Lipinski definition) is 1. The first-order valence-corrected chi connectivity index (χ1v) is 6.88. The van der Waals surface area contributed by atoms with Crippen molar-refractivity contribution < 1.29 is 9.47 Å². The molecule has 1 aromatic rings. The van der Waals surface area contributed by atoms with Gasteiger partial charge in [0, 0.05) is 12.5 Å². The summed E-state index contributed by atoms with van der Waals surface area (Å²) in [6.07, 6.45) is 2.62. The third kappa shape index (κ3) is 4.02. The minimum absolute atomic E-state index is 0.311. The molecular formula is C14H20O2S. The average Bonchev–Trinajstić information content (AvgIpc) is 2.89. The Morgan fingerprint density at radius 2 is 2.18 bits per heavy atom. The van der Waals surface area contributed by atoms with Gasteiger partial charge < -0.3 is 9.47 Å². The lowest BCUT2D eigenvalue weighted by Gasteiger charge is -2.17. The molecule has 1 saturated heterocycles. The van der Waals surface area contributed by atoms with E-state index < -0.39 is 0 Å². The summed E-state index contributed by atoms with van der Waals surface area (Å²) in [6, 6.07) is 10.4. The monoisotopic (exact) mass is 252 g/mol. The van der Waals surface area contributed by atoms with Crippen LogP contribution in [0.3, 0.4) is 0 Å². The fraction of sp³-hybridized carbons (Fsp3) is 0.571. The summed E-state index contributed by atoms with van der Waals surface area (Å²) in [5.41, 5.74) is 1.30. The number of benzene rings is 1. The van der Waals surface area contributed by atoms with Gasteiger partial charge in [-0.1, -0.05) is 30.3 Å². The molecule has 0 spiro atoms. The zero-order valence-electron chi connectivity index (χ0n) is 10.0. The summed E-state index contributed by atoms with van der Waals surface area (Å²) in [4.78, 5) is 0. The van der Waals surface area contributed by atoms with Crippen LogP contribution in [-0.4, -0.2) is 31.7 Å². The largest absolute Gasteiger partial charge is 0.378 e. The Kier molecular flexibility index (Phi) is 5.36. The molecule has 1 aliphatic rings. The van der Waals surface area contributed by atoms with Crippen molar-refractivity contribution in [2.75, 3.05) is 25.6 Å². The second-order valence-electron chi connectivity index (χ2n) is 4.46. The lowest BCUT2D eigenvalue weighted by Crippen LogP contribution is -2.18. The molecule has 1 aromatic carbocycles. The van der Waals surface area contributed by atoms with E-state index in [1.165, 1.54) is 12.0 Å². The number of ether oxygens (including phenoxy) is 2. The SMILES string of the molecule is SCC(COCC1CCCO1)c1ccccc1. The van der Waals surface area contributed by atoms with Crippen LogP contribution >= 0.6 is 12.6 Å². The third-order valence-electron chi connectivity index (χ3n) is 3.14. The summed E-state index contributed by atoms with van der Waals surface area (Å²) in [6.45, 7) is 2.34. The molecule has 1 aliphatic heterocycles. The van der Waals surface area contributed by atoms with Gasteiger partial charge in [0.2, 0.25) is 0 Å². The molecule has 0 N–H and O–H groups in total. The van der Waals surface area contributed by atoms with E-state index in [2.05, 4.69) is 36.9 Å². The van der Waals surface area contributed by atoms with Crippen LogP contribution in [0.15, 0.2) is 30.3 Å². The van der Waals surface area contributed by atoms with Crippen molar-refractivity contribution in [1.82, 2.24) is 0 Å². The van der Waals surface area contributed by atoms with Gasteiger partial charge in [-0.15, -0.1) is 0 Å². The lowest BCUT2D eigenvalue weighted by molar-refractivity contribution is 0.0140. The highest BCUT2D eigenvalue weighted by molar-refractivity contribution is 7.80. The van der Waals surface area contributed by atoms with E-state index in [1.54, 1.807) is 0 Å². The molecule has 17 heavy (non-hydrogen) atoms. The van der Waals surface area contributed by atoms with Crippen molar-refractivity contribution in [2.45, 2.75) is 24.9 Å². The average molecular weight is 252 g/mol. The molecule has 3 heteroatoms. The Balaban J connectivity index is 1.75. The third-order valence-corrected chi connectivity index (χ3v) is 3.58. The van der Waals surface area contributed by atoms with Crippen molar-refractivity contribution >= 4 is 12.6 Å². The molecular weight excluding hydrogens is 232 g/mol. The van der Waals surface area contributed by atoms with Gasteiger partial charge in [0.15, 0.2) is 0 Å². The normalized spacial score (nSPS) is 21.6. The van der Waals surface area contributed by atoms with Crippen LogP contribution in [0.5, 0.6) is 0 Å². The summed E-state index contributed by atoms with van der Waals surface area (Å²) in [7, 11) is 0. The zero-order valence-corrected chi connectivity index (χ0v) is 10.9. The molecule has 1 heterocycles. The van der Waals surface area contributed by atoms with E-state index in [0.29, 0.717) is 12.0 Å². The smallest absolute Gasteiger partial charge is 0.0809 e. The molecule has 2 unspecified atom stereocenters. The molecule has 0 bridgehead atoms. The second-order valence-corrected chi connectivity index (χ2v) is 4.83. The standard InChI is InChI=1S/C14H20O2S/c17-11-13(12-5-2-1-3-6-12)9-15-10-14-7-4-8-16-14/h1-3,5-6,13-14,17H,4,7-11H2. The van der Waals surface area contributed by atoms with Gasteiger partial charge in [-0.05, 0) is 24.2 Å². The predicted octanol–water partition coefficient (Wildman–Crippen LogP) is 2.90. The van der Waals surface area contributed by atoms with E-state index in [-0.39, 0.29) is 0 Å². The number of rotatable bonds is 6. The first kappa shape index (κ1) is 12.9. The lowest BCUT2D eigenvalue weighted by atomic mass is 10.0. The summed E-state index contributed by atoms with van der Waals surface area (Å²) < 4.78 is 11.3. The quantitative estimate of drug-likeness (QED) is 0.785. The van der Waals surface area contributed by atoms with Gasteiger partial charge in [0.25, 0.3) is 0 Å². The van der Waals surface area contributed by atoms with Crippen molar-refractivity contribution in [3.05, 3.63) is 35.9 Å². The van der Waals surface area contributed by atoms with E-state index in [1.807, 2.05) is 6.07 Å². The maximum absolute atomic E-state index is 5.75. The Labute approximate surface area is 109 Å². The minimum Gasteiger partial charge on any atom is -0.378 e. The maximum Gasteiger partial charge on any atom is 0.0809 e. The molecule has 0 aliphatic carbocycles. The van der Waals surface area contributed by atoms with Crippen LogP contribution in [0.25, 0.3) is 0 Å². The Hall–Kier alpha value is -0.510. The van der Waals surface area contributed by atoms with Crippen LogP contribution in [0.2, 0.25) is 0 Å². The van der Waals surface area contributed by atoms with Gasteiger partial charge in [-0.3, -0.25) is 0 Å². The van der Waals surface area contributed by atoms with E-state index >= 15 is 0 Å². The first-order valence-electron chi connectivity index (χ1n) is 6.25. The van der Waals surface area contributed by atoms with Gasteiger partial charge >= 0.3 is 0 Å². The second kappa shape index (κ2) is 7.04. The van der Waals surface area contributed by atoms with E-state index in [0.717, 1.165) is 32.0 Å².